The largest absolute Gasteiger partial charge is 0.495 e. The van der Waals surface area contributed by atoms with Crippen molar-refractivity contribution in [2.24, 2.45) is 0 Å². The number of carbonyl (C=O) groups excluding carboxylic acids is 1. The predicted molar refractivity (Wildman–Crippen MR) is 96.3 cm³/mol. The van der Waals surface area contributed by atoms with Crippen LogP contribution in [-0.2, 0) is 10.0 Å². The van der Waals surface area contributed by atoms with Gasteiger partial charge in [0, 0.05) is 5.56 Å². The van der Waals surface area contributed by atoms with Gasteiger partial charge in [0.05, 0.1) is 24.8 Å². The van der Waals surface area contributed by atoms with Gasteiger partial charge in [-0.2, -0.15) is 5.26 Å². The molecule has 2 rings (SSSR count). The quantitative estimate of drug-likeness (QED) is 0.805. The lowest BCUT2D eigenvalue weighted by Gasteiger charge is -2.16. The van der Waals surface area contributed by atoms with E-state index in [0.717, 1.165) is 5.56 Å². The fourth-order valence-electron chi connectivity index (χ4n) is 2.35. The number of nitrogens with zero attached hydrogens (tertiary/aromatic N) is 1. The number of carbonyl (C=O) groups is 1. The summed E-state index contributed by atoms with van der Waals surface area (Å²) in [6.45, 7) is 1.80. The highest BCUT2D eigenvalue weighted by atomic mass is 32.2. The molecule has 26 heavy (non-hydrogen) atoms. The number of nitriles is 1. The third-order valence-electron chi connectivity index (χ3n) is 3.87. The molecule has 1 unspecified atom stereocenters. The van der Waals surface area contributed by atoms with Crippen molar-refractivity contribution in [3.05, 3.63) is 59.2 Å². The molecule has 0 aliphatic rings. The van der Waals surface area contributed by atoms with Crippen LogP contribution >= 0.6 is 0 Å². The van der Waals surface area contributed by atoms with E-state index in [1.165, 1.54) is 32.4 Å². The lowest BCUT2D eigenvalue weighted by molar-refractivity contribution is 0.0939. The number of hydrogen-bond donors (Lipinski definition) is 2. The summed E-state index contributed by atoms with van der Waals surface area (Å²) in [5.41, 5.74) is 1.55. The summed E-state index contributed by atoms with van der Waals surface area (Å²) in [5, 5.41) is 11.6. The first kappa shape index (κ1) is 19.4. The smallest absolute Gasteiger partial charge is 0.251 e. The summed E-state index contributed by atoms with van der Waals surface area (Å²) in [6.07, 6.45) is 0. The van der Waals surface area contributed by atoms with Gasteiger partial charge in [-0.1, -0.05) is 12.1 Å². The van der Waals surface area contributed by atoms with Crippen molar-refractivity contribution in [2.75, 3.05) is 14.2 Å². The van der Waals surface area contributed by atoms with Crippen molar-refractivity contribution in [2.45, 2.75) is 17.9 Å². The van der Waals surface area contributed by atoms with E-state index in [4.69, 9.17) is 10.00 Å². The van der Waals surface area contributed by atoms with Crippen LogP contribution in [0, 0.1) is 11.3 Å². The highest BCUT2D eigenvalue weighted by Gasteiger charge is 2.21. The van der Waals surface area contributed by atoms with Gasteiger partial charge < -0.3 is 10.1 Å². The van der Waals surface area contributed by atoms with Crippen LogP contribution in [0.4, 0.5) is 0 Å². The Morgan fingerprint density at radius 1 is 1.19 bits per heavy atom. The Morgan fingerprint density at radius 2 is 1.85 bits per heavy atom. The van der Waals surface area contributed by atoms with Crippen LogP contribution < -0.4 is 14.8 Å². The first-order valence-corrected chi connectivity index (χ1v) is 9.23. The maximum absolute atomic E-state index is 12.5. The van der Waals surface area contributed by atoms with Crippen molar-refractivity contribution in [3.8, 4) is 11.8 Å². The molecule has 8 heteroatoms. The van der Waals surface area contributed by atoms with E-state index in [0.29, 0.717) is 5.56 Å². The molecule has 0 aliphatic heterocycles. The zero-order chi connectivity index (χ0) is 19.3. The van der Waals surface area contributed by atoms with Crippen LogP contribution in [0.25, 0.3) is 0 Å². The molecule has 0 saturated heterocycles. The van der Waals surface area contributed by atoms with Gasteiger partial charge in [0.2, 0.25) is 10.0 Å². The zero-order valence-electron chi connectivity index (χ0n) is 14.6. The van der Waals surface area contributed by atoms with Crippen molar-refractivity contribution >= 4 is 15.9 Å². The van der Waals surface area contributed by atoms with Crippen molar-refractivity contribution in [1.29, 1.82) is 5.26 Å². The van der Waals surface area contributed by atoms with Gasteiger partial charge in [-0.15, -0.1) is 0 Å². The van der Waals surface area contributed by atoms with Gasteiger partial charge in [0.15, 0.2) is 0 Å². The highest BCUT2D eigenvalue weighted by Crippen LogP contribution is 2.25. The molecule has 136 valence electrons. The molecule has 7 nitrogen and oxygen atoms in total. The van der Waals surface area contributed by atoms with Gasteiger partial charge in [-0.25, -0.2) is 13.1 Å². The average Bonchev–Trinajstić information content (AvgIpc) is 2.67. The number of rotatable bonds is 6. The Morgan fingerprint density at radius 3 is 2.38 bits per heavy atom. The third-order valence-corrected chi connectivity index (χ3v) is 5.31. The molecule has 0 bridgehead atoms. The minimum Gasteiger partial charge on any atom is -0.495 e. The molecule has 1 amide bonds. The molecule has 0 fully saturated rings. The van der Waals surface area contributed by atoms with Crippen molar-refractivity contribution < 1.29 is 17.9 Å². The summed E-state index contributed by atoms with van der Waals surface area (Å²) in [4.78, 5) is 12.4. The molecule has 0 aliphatic carbocycles. The van der Waals surface area contributed by atoms with E-state index in [-0.39, 0.29) is 22.3 Å². The molecular formula is C18H19N3O4S. The van der Waals surface area contributed by atoms with Crippen LogP contribution in [0.15, 0.2) is 47.4 Å². The topological polar surface area (TPSA) is 108 Å². The predicted octanol–water partition coefficient (Wildman–Crippen LogP) is 1.97. The summed E-state index contributed by atoms with van der Waals surface area (Å²) >= 11 is 0. The minimum atomic E-state index is -3.77. The van der Waals surface area contributed by atoms with E-state index in [1.807, 2.05) is 6.07 Å². The number of hydrogen-bond acceptors (Lipinski definition) is 5. The van der Waals surface area contributed by atoms with Crippen LogP contribution in [0.2, 0.25) is 0 Å². The average molecular weight is 373 g/mol. The van der Waals surface area contributed by atoms with E-state index < -0.39 is 15.9 Å². The number of methoxy groups -OCH3 is 1. The molecule has 0 heterocycles. The molecule has 2 aromatic rings. The van der Waals surface area contributed by atoms with Gasteiger partial charge in [0.25, 0.3) is 5.91 Å². The van der Waals surface area contributed by atoms with E-state index >= 15 is 0 Å². The van der Waals surface area contributed by atoms with E-state index in [9.17, 15) is 13.2 Å². The molecule has 0 aromatic heterocycles. The fraction of sp³-hybridized carbons (Fsp3) is 0.222. The van der Waals surface area contributed by atoms with Crippen LogP contribution in [0.1, 0.15) is 34.5 Å². The van der Waals surface area contributed by atoms with E-state index in [2.05, 4.69) is 10.0 Å². The SMILES string of the molecule is CNS(=O)(=O)c1cc(C(=O)NC(C)c2ccc(C#N)cc2)ccc1OC. The van der Waals surface area contributed by atoms with Gasteiger partial charge in [-0.3, -0.25) is 4.79 Å². The number of ether oxygens (including phenoxy) is 1. The molecule has 2 N–H and O–H groups in total. The molecular weight excluding hydrogens is 354 g/mol. The summed E-state index contributed by atoms with van der Waals surface area (Å²) in [6, 6.07) is 12.8. The Hall–Kier alpha value is -2.89. The maximum Gasteiger partial charge on any atom is 0.251 e. The molecule has 0 saturated carbocycles. The van der Waals surface area contributed by atoms with Gasteiger partial charge >= 0.3 is 0 Å². The zero-order valence-corrected chi connectivity index (χ0v) is 15.4. The number of sulfonamides is 1. The Balaban J connectivity index is 2.26. The Bertz CT molecular complexity index is 947. The highest BCUT2D eigenvalue weighted by molar-refractivity contribution is 7.89. The third kappa shape index (κ3) is 4.20. The monoisotopic (exact) mass is 373 g/mol. The molecule has 0 spiro atoms. The second kappa shape index (κ2) is 7.99. The first-order chi connectivity index (χ1) is 12.3. The summed E-state index contributed by atoms with van der Waals surface area (Å²) < 4.78 is 31.5. The second-order valence-corrected chi connectivity index (χ2v) is 7.36. The maximum atomic E-state index is 12.5. The minimum absolute atomic E-state index is 0.110. The van der Waals surface area contributed by atoms with Crippen LogP contribution in [0.5, 0.6) is 5.75 Å². The Labute approximate surface area is 152 Å². The van der Waals surface area contributed by atoms with Crippen LogP contribution in [-0.4, -0.2) is 28.5 Å². The van der Waals surface area contributed by atoms with Crippen LogP contribution in [0.3, 0.4) is 0 Å². The van der Waals surface area contributed by atoms with Gasteiger partial charge in [-0.05, 0) is 49.9 Å². The number of benzene rings is 2. The van der Waals surface area contributed by atoms with Crippen molar-refractivity contribution in [1.82, 2.24) is 10.0 Å². The van der Waals surface area contributed by atoms with Gasteiger partial charge in [0.1, 0.15) is 10.6 Å². The molecule has 2 aromatic carbocycles. The molecule has 1 atom stereocenters. The molecule has 0 radical (unpaired) electrons. The number of amides is 1. The normalized spacial score (nSPS) is 12.1. The van der Waals surface area contributed by atoms with E-state index in [1.54, 1.807) is 31.2 Å². The standard InChI is InChI=1S/C18H19N3O4S/c1-12(14-6-4-13(11-19)5-7-14)21-18(22)15-8-9-16(25-3)17(10-15)26(23,24)20-2/h4-10,12,20H,1-3H3,(H,21,22). The summed E-state index contributed by atoms with van der Waals surface area (Å²) in [5.74, 6) is -0.270. The fourth-order valence-corrected chi connectivity index (χ4v) is 3.27. The van der Waals surface area contributed by atoms with Crippen molar-refractivity contribution in [3.63, 3.8) is 0 Å². The summed E-state index contributed by atoms with van der Waals surface area (Å²) in [7, 11) is -1.13. The second-order valence-electron chi connectivity index (χ2n) is 5.50. The Kier molecular flexibility index (Phi) is 5.97. The lowest BCUT2D eigenvalue weighted by Crippen LogP contribution is -2.27. The lowest BCUT2D eigenvalue weighted by atomic mass is 10.1. The number of nitrogens with one attached hydrogen (secondary N) is 2. The first-order valence-electron chi connectivity index (χ1n) is 7.75.